The van der Waals surface area contributed by atoms with E-state index in [4.69, 9.17) is 28.9 Å². The third-order valence-electron chi connectivity index (χ3n) is 2.07. The lowest BCUT2D eigenvalue weighted by Crippen LogP contribution is -2.35. The van der Waals surface area contributed by atoms with Crippen molar-refractivity contribution in [2.75, 3.05) is 5.32 Å². The van der Waals surface area contributed by atoms with Crippen LogP contribution < -0.4 is 11.1 Å². The maximum Gasteiger partial charge on any atom is 0.241 e. The number of nitrogens with two attached hydrogens (primary N) is 1. The molecule has 88 valence electrons. The molecule has 0 aliphatic rings. The van der Waals surface area contributed by atoms with Crippen LogP contribution in [0.5, 0.6) is 0 Å². The number of rotatable bonds is 4. The second-order valence-electron chi connectivity index (χ2n) is 3.54. The molecule has 0 radical (unpaired) electrons. The van der Waals surface area contributed by atoms with E-state index in [1.54, 1.807) is 18.2 Å². The van der Waals surface area contributed by atoms with Crippen molar-refractivity contribution in [2.24, 2.45) is 5.73 Å². The van der Waals surface area contributed by atoms with Crippen LogP contribution in [0.25, 0.3) is 0 Å². The van der Waals surface area contributed by atoms with Crippen LogP contribution in [-0.2, 0) is 4.79 Å². The van der Waals surface area contributed by atoms with Gasteiger partial charge in [0.05, 0.1) is 6.04 Å². The van der Waals surface area contributed by atoms with Gasteiger partial charge in [-0.15, -0.1) is 0 Å². The summed E-state index contributed by atoms with van der Waals surface area (Å²) in [6.07, 6.45) is 1.52. The fourth-order valence-electron chi connectivity index (χ4n) is 1.30. The zero-order valence-corrected chi connectivity index (χ0v) is 10.5. The van der Waals surface area contributed by atoms with Gasteiger partial charge in [0.2, 0.25) is 5.91 Å². The van der Waals surface area contributed by atoms with Gasteiger partial charge in [0.25, 0.3) is 0 Å². The molecule has 0 spiro atoms. The molecule has 0 saturated carbocycles. The van der Waals surface area contributed by atoms with Crippen LogP contribution in [0, 0.1) is 0 Å². The van der Waals surface area contributed by atoms with Crippen molar-refractivity contribution >= 4 is 34.8 Å². The lowest BCUT2D eigenvalue weighted by Gasteiger charge is -2.11. The van der Waals surface area contributed by atoms with Gasteiger partial charge in [-0.1, -0.05) is 36.5 Å². The molecule has 5 heteroatoms. The topological polar surface area (TPSA) is 55.1 Å². The quantitative estimate of drug-likeness (QED) is 0.875. The second-order valence-corrected chi connectivity index (χ2v) is 4.42. The number of halogens is 2. The summed E-state index contributed by atoms with van der Waals surface area (Å²) in [4.78, 5) is 11.6. The van der Waals surface area contributed by atoms with Gasteiger partial charge in [0.1, 0.15) is 0 Å². The first kappa shape index (κ1) is 13.3. The summed E-state index contributed by atoms with van der Waals surface area (Å²) >= 11 is 11.6. The third-order valence-corrected chi connectivity index (χ3v) is 2.50. The van der Waals surface area contributed by atoms with Crippen LogP contribution in [0.3, 0.4) is 0 Å². The Labute approximate surface area is 105 Å². The number of anilines is 1. The lowest BCUT2D eigenvalue weighted by atomic mass is 10.1. The van der Waals surface area contributed by atoms with Crippen LogP contribution in [0.15, 0.2) is 18.2 Å². The van der Waals surface area contributed by atoms with E-state index in [0.717, 1.165) is 6.42 Å². The number of hydrogen-bond donors (Lipinski definition) is 2. The fourth-order valence-corrected chi connectivity index (χ4v) is 1.83. The largest absolute Gasteiger partial charge is 0.325 e. The van der Waals surface area contributed by atoms with Crippen LogP contribution in [-0.4, -0.2) is 11.9 Å². The Bertz CT molecular complexity index is 362. The van der Waals surface area contributed by atoms with Crippen LogP contribution in [0.2, 0.25) is 10.0 Å². The monoisotopic (exact) mass is 260 g/mol. The van der Waals surface area contributed by atoms with Gasteiger partial charge in [-0.05, 0) is 24.6 Å². The molecule has 0 aliphatic heterocycles. The Morgan fingerprint density at radius 1 is 1.38 bits per heavy atom. The number of carbonyl (C=O) groups excluding carboxylic acids is 1. The summed E-state index contributed by atoms with van der Waals surface area (Å²) in [7, 11) is 0. The normalized spacial score (nSPS) is 12.2. The Morgan fingerprint density at radius 2 is 1.94 bits per heavy atom. The van der Waals surface area contributed by atoms with Crippen molar-refractivity contribution < 1.29 is 4.79 Å². The highest BCUT2D eigenvalue weighted by Gasteiger charge is 2.12. The van der Waals surface area contributed by atoms with Gasteiger partial charge in [0.15, 0.2) is 0 Å². The maximum absolute atomic E-state index is 11.6. The molecule has 1 aromatic carbocycles. The molecule has 1 amide bonds. The molecule has 1 aromatic rings. The lowest BCUT2D eigenvalue weighted by molar-refractivity contribution is -0.117. The smallest absolute Gasteiger partial charge is 0.241 e. The van der Waals surface area contributed by atoms with Gasteiger partial charge >= 0.3 is 0 Å². The molecule has 1 atom stereocenters. The first-order valence-corrected chi connectivity index (χ1v) is 5.81. The van der Waals surface area contributed by atoms with Gasteiger partial charge in [-0.2, -0.15) is 0 Å². The van der Waals surface area contributed by atoms with Crippen molar-refractivity contribution in [1.29, 1.82) is 0 Å². The molecular weight excluding hydrogens is 247 g/mol. The summed E-state index contributed by atoms with van der Waals surface area (Å²) in [5.74, 6) is -0.222. The predicted molar refractivity (Wildman–Crippen MR) is 68.0 cm³/mol. The standard InChI is InChI=1S/C11H14Cl2N2O/c1-2-3-10(14)11(16)15-9-5-7(12)4-8(13)6-9/h4-6,10H,2-3,14H2,1H3,(H,15,16)/t10-/m1/s1. The Morgan fingerprint density at radius 3 is 2.44 bits per heavy atom. The number of carbonyl (C=O) groups is 1. The summed E-state index contributed by atoms with van der Waals surface area (Å²) in [6.45, 7) is 1.98. The minimum Gasteiger partial charge on any atom is -0.325 e. The third kappa shape index (κ3) is 4.00. The fraction of sp³-hybridized carbons (Fsp3) is 0.364. The van der Waals surface area contributed by atoms with Crippen molar-refractivity contribution in [3.05, 3.63) is 28.2 Å². The molecule has 3 N–H and O–H groups in total. The van der Waals surface area contributed by atoms with Crippen molar-refractivity contribution in [3.63, 3.8) is 0 Å². The van der Waals surface area contributed by atoms with Crippen molar-refractivity contribution in [3.8, 4) is 0 Å². The Balaban J connectivity index is 2.69. The summed E-state index contributed by atoms with van der Waals surface area (Å²) in [5.41, 5.74) is 6.24. The highest BCUT2D eigenvalue weighted by molar-refractivity contribution is 6.35. The molecular formula is C11H14Cl2N2O. The average Bonchev–Trinajstić information content (AvgIpc) is 2.16. The van der Waals surface area contributed by atoms with Crippen molar-refractivity contribution in [1.82, 2.24) is 0 Å². The van der Waals surface area contributed by atoms with Crippen molar-refractivity contribution in [2.45, 2.75) is 25.8 Å². The molecule has 3 nitrogen and oxygen atoms in total. The van der Waals surface area contributed by atoms with Crippen LogP contribution >= 0.6 is 23.2 Å². The first-order chi connectivity index (χ1) is 7.52. The van der Waals surface area contributed by atoms with E-state index in [1.807, 2.05) is 6.92 Å². The second kappa shape index (κ2) is 6.09. The molecule has 0 saturated heterocycles. The molecule has 0 fully saturated rings. The van der Waals surface area contributed by atoms with E-state index >= 15 is 0 Å². The minimum absolute atomic E-state index is 0.222. The van der Waals surface area contributed by atoms with Crippen LogP contribution in [0.1, 0.15) is 19.8 Å². The molecule has 0 unspecified atom stereocenters. The minimum atomic E-state index is -0.497. The summed E-state index contributed by atoms with van der Waals surface area (Å²) in [5, 5.41) is 3.63. The highest BCUT2D eigenvalue weighted by atomic mass is 35.5. The van der Waals surface area contributed by atoms with E-state index in [1.165, 1.54) is 0 Å². The highest BCUT2D eigenvalue weighted by Crippen LogP contribution is 2.22. The Kier molecular flexibility index (Phi) is 5.06. The molecule has 0 aliphatic carbocycles. The van der Waals surface area contributed by atoms with Gasteiger partial charge in [-0.25, -0.2) is 0 Å². The molecule has 0 heterocycles. The predicted octanol–water partition coefficient (Wildman–Crippen LogP) is 3.06. The molecule has 1 rings (SSSR count). The Hall–Kier alpha value is -0.770. The van der Waals surface area contributed by atoms with E-state index < -0.39 is 6.04 Å². The number of amides is 1. The first-order valence-electron chi connectivity index (χ1n) is 5.05. The molecule has 0 bridgehead atoms. The summed E-state index contributed by atoms with van der Waals surface area (Å²) in [6, 6.07) is 4.36. The van der Waals surface area contributed by atoms with E-state index in [-0.39, 0.29) is 5.91 Å². The van der Waals surface area contributed by atoms with E-state index in [9.17, 15) is 4.79 Å². The van der Waals surface area contributed by atoms with Gasteiger partial charge in [-0.3, -0.25) is 4.79 Å². The van der Waals surface area contributed by atoms with Gasteiger partial charge < -0.3 is 11.1 Å². The van der Waals surface area contributed by atoms with E-state index in [2.05, 4.69) is 5.32 Å². The van der Waals surface area contributed by atoms with Gasteiger partial charge in [0, 0.05) is 15.7 Å². The summed E-state index contributed by atoms with van der Waals surface area (Å²) < 4.78 is 0. The zero-order valence-electron chi connectivity index (χ0n) is 8.97. The van der Waals surface area contributed by atoms with E-state index in [0.29, 0.717) is 22.2 Å². The zero-order chi connectivity index (χ0) is 12.1. The number of nitrogens with one attached hydrogen (secondary N) is 1. The number of hydrogen-bond acceptors (Lipinski definition) is 2. The molecule has 16 heavy (non-hydrogen) atoms. The maximum atomic E-state index is 11.6. The van der Waals surface area contributed by atoms with Crippen LogP contribution in [0.4, 0.5) is 5.69 Å². The SMILES string of the molecule is CCC[C@@H](N)C(=O)Nc1cc(Cl)cc(Cl)c1. The average molecular weight is 261 g/mol. The number of benzene rings is 1. The molecule has 0 aromatic heterocycles.